The monoisotopic (exact) mass is 332 g/mol. The predicted molar refractivity (Wildman–Crippen MR) is 89.5 cm³/mol. The average molecular weight is 333 g/mol. The number of anilines is 2. The second-order valence-electron chi connectivity index (χ2n) is 5.36. The van der Waals surface area contributed by atoms with Crippen molar-refractivity contribution in [3.8, 4) is 11.6 Å². The van der Waals surface area contributed by atoms with E-state index < -0.39 is 0 Å². The summed E-state index contributed by atoms with van der Waals surface area (Å²) in [6.45, 7) is 1.53. The molecule has 2 aromatic heterocycles. The molecule has 0 saturated carbocycles. The van der Waals surface area contributed by atoms with Crippen molar-refractivity contribution >= 4 is 23.8 Å². The van der Waals surface area contributed by atoms with Gasteiger partial charge < -0.3 is 19.6 Å². The summed E-state index contributed by atoms with van der Waals surface area (Å²) in [7, 11) is 0. The summed E-state index contributed by atoms with van der Waals surface area (Å²) in [5.74, 6) is 1.66. The molecule has 1 aliphatic heterocycles. The van der Waals surface area contributed by atoms with E-state index in [4.69, 9.17) is 14.7 Å². The molecule has 1 aliphatic rings. The van der Waals surface area contributed by atoms with E-state index in [1.807, 2.05) is 18.2 Å². The molecule has 7 heteroatoms. The molecule has 6 nitrogen and oxygen atoms in total. The highest BCUT2D eigenvalue weighted by atomic mass is 35.5. The van der Waals surface area contributed by atoms with Crippen LogP contribution in [0.15, 0.2) is 45.5 Å². The van der Waals surface area contributed by atoms with Crippen LogP contribution in [0.25, 0.3) is 11.6 Å². The molecule has 2 N–H and O–H groups in total. The Kier molecular flexibility index (Phi) is 4.25. The standard InChI is InChI=1S/C16H16N4O2.ClH/c17-12-5-1-6-13-11(12)4-2-8-20(13)10-15-18-16(19-22-15)14-7-3-9-21-14;/h1,3,5-7,9H,2,4,8,10,17H2;1H. The lowest BCUT2D eigenvalue weighted by Gasteiger charge is -2.30. The summed E-state index contributed by atoms with van der Waals surface area (Å²) in [5, 5.41) is 3.97. The SMILES string of the molecule is Cl.Nc1cccc2c1CCCN2Cc1nc(-c2ccco2)no1. The van der Waals surface area contributed by atoms with Crippen molar-refractivity contribution < 1.29 is 8.94 Å². The molecule has 0 bridgehead atoms. The molecule has 0 aliphatic carbocycles. The van der Waals surface area contributed by atoms with Gasteiger partial charge in [0.25, 0.3) is 0 Å². The van der Waals surface area contributed by atoms with Crippen LogP contribution in [0.4, 0.5) is 11.4 Å². The Morgan fingerprint density at radius 2 is 2.13 bits per heavy atom. The number of benzene rings is 1. The van der Waals surface area contributed by atoms with Gasteiger partial charge in [-0.1, -0.05) is 11.2 Å². The number of furan rings is 1. The van der Waals surface area contributed by atoms with Gasteiger partial charge in [-0.05, 0) is 42.7 Å². The third-order valence-electron chi connectivity index (χ3n) is 3.92. The van der Waals surface area contributed by atoms with Crippen molar-refractivity contribution in [2.75, 3.05) is 17.2 Å². The highest BCUT2D eigenvalue weighted by Crippen LogP contribution is 2.32. The molecule has 0 radical (unpaired) electrons. The summed E-state index contributed by atoms with van der Waals surface area (Å²) in [5.41, 5.74) is 9.29. The summed E-state index contributed by atoms with van der Waals surface area (Å²) in [4.78, 5) is 6.63. The summed E-state index contributed by atoms with van der Waals surface area (Å²) in [6, 6.07) is 9.63. The Balaban J connectivity index is 0.00000156. The first kappa shape index (κ1) is 15.4. The molecule has 0 saturated heterocycles. The normalized spacial score (nSPS) is 13.5. The number of nitrogen functional groups attached to an aromatic ring is 1. The average Bonchev–Trinajstić information content (AvgIpc) is 3.19. The van der Waals surface area contributed by atoms with Gasteiger partial charge in [0.1, 0.15) is 0 Å². The number of nitrogens with two attached hydrogens (primary N) is 1. The quantitative estimate of drug-likeness (QED) is 0.741. The van der Waals surface area contributed by atoms with E-state index in [1.54, 1.807) is 12.3 Å². The van der Waals surface area contributed by atoms with Gasteiger partial charge in [0, 0.05) is 17.9 Å². The van der Waals surface area contributed by atoms with Gasteiger partial charge in [-0.25, -0.2) is 0 Å². The van der Waals surface area contributed by atoms with E-state index in [-0.39, 0.29) is 12.4 Å². The number of aromatic nitrogens is 2. The maximum absolute atomic E-state index is 6.07. The Morgan fingerprint density at radius 3 is 2.96 bits per heavy atom. The van der Waals surface area contributed by atoms with Crippen LogP contribution in [0.5, 0.6) is 0 Å². The van der Waals surface area contributed by atoms with E-state index in [0.717, 1.165) is 30.8 Å². The summed E-state index contributed by atoms with van der Waals surface area (Å²) < 4.78 is 10.6. The number of hydrogen-bond acceptors (Lipinski definition) is 6. The van der Waals surface area contributed by atoms with Crippen molar-refractivity contribution in [1.29, 1.82) is 0 Å². The van der Waals surface area contributed by atoms with Crippen molar-refractivity contribution in [3.05, 3.63) is 48.0 Å². The Hall–Kier alpha value is -2.47. The number of rotatable bonds is 3. The van der Waals surface area contributed by atoms with Crippen LogP contribution >= 0.6 is 12.4 Å². The molecular weight excluding hydrogens is 316 g/mol. The van der Waals surface area contributed by atoms with Gasteiger partial charge in [0.05, 0.1) is 12.8 Å². The minimum atomic E-state index is 0. The van der Waals surface area contributed by atoms with E-state index in [1.165, 1.54) is 5.56 Å². The van der Waals surface area contributed by atoms with Gasteiger partial charge in [-0.3, -0.25) is 0 Å². The molecule has 120 valence electrons. The number of nitrogens with zero attached hydrogens (tertiary/aromatic N) is 3. The van der Waals surface area contributed by atoms with Crippen molar-refractivity contribution in [2.24, 2.45) is 0 Å². The molecule has 3 heterocycles. The van der Waals surface area contributed by atoms with E-state index in [9.17, 15) is 0 Å². The molecule has 0 atom stereocenters. The molecule has 0 fully saturated rings. The zero-order valence-corrected chi connectivity index (χ0v) is 13.3. The van der Waals surface area contributed by atoms with Gasteiger partial charge in [0.15, 0.2) is 5.76 Å². The highest BCUT2D eigenvalue weighted by Gasteiger charge is 2.21. The maximum Gasteiger partial charge on any atom is 0.246 e. The van der Waals surface area contributed by atoms with Gasteiger partial charge in [-0.15, -0.1) is 12.4 Å². The predicted octanol–water partition coefficient (Wildman–Crippen LogP) is 3.29. The second kappa shape index (κ2) is 6.34. The fourth-order valence-corrected chi connectivity index (χ4v) is 2.88. The minimum absolute atomic E-state index is 0. The number of fused-ring (bicyclic) bond motifs is 1. The van der Waals surface area contributed by atoms with Gasteiger partial charge >= 0.3 is 0 Å². The number of hydrogen-bond donors (Lipinski definition) is 1. The molecule has 23 heavy (non-hydrogen) atoms. The third kappa shape index (κ3) is 2.90. The van der Waals surface area contributed by atoms with E-state index in [2.05, 4.69) is 21.1 Å². The molecule has 1 aromatic carbocycles. The molecule has 0 unspecified atom stereocenters. The fraction of sp³-hybridized carbons (Fsp3) is 0.250. The minimum Gasteiger partial charge on any atom is -0.461 e. The lowest BCUT2D eigenvalue weighted by Crippen LogP contribution is -2.29. The molecule has 0 spiro atoms. The van der Waals surface area contributed by atoms with Crippen molar-refractivity contribution in [3.63, 3.8) is 0 Å². The largest absolute Gasteiger partial charge is 0.461 e. The smallest absolute Gasteiger partial charge is 0.246 e. The van der Waals surface area contributed by atoms with Crippen molar-refractivity contribution in [1.82, 2.24) is 10.1 Å². The fourth-order valence-electron chi connectivity index (χ4n) is 2.88. The maximum atomic E-state index is 6.07. The first-order chi connectivity index (χ1) is 10.8. The van der Waals surface area contributed by atoms with Crippen LogP contribution < -0.4 is 10.6 Å². The lowest BCUT2D eigenvalue weighted by molar-refractivity contribution is 0.374. The molecular formula is C16H17ClN4O2. The number of halogens is 1. The zero-order chi connectivity index (χ0) is 14.9. The van der Waals surface area contributed by atoms with Gasteiger partial charge in [-0.2, -0.15) is 4.98 Å². The van der Waals surface area contributed by atoms with Crippen molar-refractivity contribution in [2.45, 2.75) is 19.4 Å². The Bertz CT molecular complexity index is 785. The van der Waals surface area contributed by atoms with Crippen LogP contribution in [0.2, 0.25) is 0 Å². The Morgan fingerprint density at radius 1 is 1.22 bits per heavy atom. The third-order valence-corrected chi connectivity index (χ3v) is 3.92. The first-order valence-electron chi connectivity index (χ1n) is 7.30. The van der Waals surface area contributed by atoms with Gasteiger partial charge in [0.2, 0.25) is 11.7 Å². The zero-order valence-electron chi connectivity index (χ0n) is 12.4. The van der Waals surface area contributed by atoms with Crippen LogP contribution in [0.1, 0.15) is 17.9 Å². The van der Waals surface area contributed by atoms with E-state index in [0.29, 0.717) is 24.0 Å². The molecule has 4 rings (SSSR count). The molecule has 3 aromatic rings. The summed E-state index contributed by atoms with van der Waals surface area (Å²) >= 11 is 0. The topological polar surface area (TPSA) is 81.3 Å². The molecule has 0 amide bonds. The second-order valence-corrected chi connectivity index (χ2v) is 5.36. The van der Waals surface area contributed by atoms with Crippen LogP contribution in [-0.4, -0.2) is 16.7 Å². The van der Waals surface area contributed by atoms with Crippen LogP contribution in [0.3, 0.4) is 0 Å². The van der Waals surface area contributed by atoms with Crippen LogP contribution in [0, 0.1) is 0 Å². The first-order valence-corrected chi connectivity index (χ1v) is 7.30. The van der Waals surface area contributed by atoms with Crippen LogP contribution in [-0.2, 0) is 13.0 Å². The summed E-state index contributed by atoms with van der Waals surface area (Å²) in [6.07, 6.45) is 3.68. The highest BCUT2D eigenvalue weighted by molar-refractivity contribution is 5.85. The Labute approximate surface area is 139 Å². The lowest BCUT2D eigenvalue weighted by atomic mass is 10.00. The van der Waals surface area contributed by atoms with E-state index >= 15 is 0 Å².